The van der Waals surface area contributed by atoms with Crippen molar-refractivity contribution in [3.8, 4) is 0 Å². The topological polar surface area (TPSA) is 99.8 Å². The Labute approximate surface area is 142 Å². The van der Waals surface area contributed by atoms with Crippen molar-refractivity contribution in [2.75, 3.05) is 6.54 Å². The Morgan fingerprint density at radius 1 is 1.28 bits per heavy atom. The predicted octanol–water partition coefficient (Wildman–Crippen LogP) is 2.46. The largest absolute Gasteiger partial charge is 0.478 e. The van der Waals surface area contributed by atoms with Crippen LogP contribution in [0.5, 0.6) is 0 Å². The number of aromatic carboxylic acids is 1. The maximum atomic E-state index is 13.8. The third kappa shape index (κ3) is 4.03. The van der Waals surface area contributed by atoms with Crippen molar-refractivity contribution in [3.63, 3.8) is 0 Å². The number of amides is 1. The fraction of sp³-hybridized carbons (Fsp3) is 0.294. The molecule has 0 saturated carbocycles. The highest BCUT2D eigenvalue weighted by molar-refractivity contribution is 5.96. The van der Waals surface area contributed by atoms with Crippen LogP contribution in [0.1, 0.15) is 46.1 Å². The molecule has 25 heavy (non-hydrogen) atoms. The number of aliphatic hydroxyl groups is 1. The third-order valence-corrected chi connectivity index (χ3v) is 3.69. The van der Waals surface area contributed by atoms with Crippen LogP contribution < -0.4 is 5.32 Å². The fourth-order valence-electron chi connectivity index (χ4n) is 2.35. The van der Waals surface area contributed by atoms with Gasteiger partial charge in [-0.25, -0.2) is 13.6 Å². The van der Waals surface area contributed by atoms with Crippen LogP contribution in [0.15, 0.2) is 28.7 Å². The zero-order valence-electron chi connectivity index (χ0n) is 13.6. The SMILES string of the molecule is CCc1oc(C(=O)NCC(C)(O)c2ccc(F)cc2F)cc1C(=O)O. The summed E-state index contributed by atoms with van der Waals surface area (Å²) in [6, 6.07) is 3.80. The highest BCUT2D eigenvalue weighted by atomic mass is 19.1. The van der Waals surface area contributed by atoms with E-state index in [9.17, 15) is 23.5 Å². The molecule has 0 radical (unpaired) electrons. The number of carbonyl (C=O) groups is 2. The molecule has 0 fully saturated rings. The Bertz CT molecular complexity index is 813. The van der Waals surface area contributed by atoms with Crippen molar-refractivity contribution in [1.29, 1.82) is 0 Å². The number of halogens is 2. The van der Waals surface area contributed by atoms with Gasteiger partial charge in [0, 0.05) is 24.1 Å². The summed E-state index contributed by atoms with van der Waals surface area (Å²) < 4.78 is 31.9. The number of aryl methyl sites for hydroxylation is 1. The molecule has 1 aromatic heterocycles. The number of rotatable bonds is 6. The molecule has 6 nitrogen and oxygen atoms in total. The molecule has 1 aromatic carbocycles. The summed E-state index contributed by atoms with van der Waals surface area (Å²) in [6.07, 6.45) is 0.285. The molecular formula is C17H17F2NO5. The number of hydrogen-bond donors (Lipinski definition) is 3. The van der Waals surface area contributed by atoms with Crippen LogP contribution in [0.3, 0.4) is 0 Å². The first-order valence-corrected chi connectivity index (χ1v) is 7.47. The second-order valence-electron chi connectivity index (χ2n) is 5.69. The molecule has 0 aliphatic carbocycles. The minimum Gasteiger partial charge on any atom is -0.478 e. The van der Waals surface area contributed by atoms with E-state index in [4.69, 9.17) is 9.52 Å². The summed E-state index contributed by atoms with van der Waals surface area (Å²) in [4.78, 5) is 23.2. The van der Waals surface area contributed by atoms with Gasteiger partial charge in [-0.05, 0) is 13.0 Å². The molecule has 2 rings (SSSR count). The van der Waals surface area contributed by atoms with Gasteiger partial charge in [0.2, 0.25) is 0 Å². The molecule has 0 bridgehead atoms. The van der Waals surface area contributed by atoms with Crippen LogP contribution in [0.4, 0.5) is 8.78 Å². The molecular weight excluding hydrogens is 336 g/mol. The normalized spacial score (nSPS) is 13.3. The molecule has 1 amide bonds. The number of benzene rings is 1. The maximum Gasteiger partial charge on any atom is 0.339 e. The zero-order chi connectivity index (χ0) is 18.8. The second-order valence-corrected chi connectivity index (χ2v) is 5.69. The van der Waals surface area contributed by atoms with Crippen LogP contribution in [0.25, 0.3) is 0 Å². The monoisotopic (exact) mass is 353 g/mol. The van der Waals surface area contributed by atoms with E-state index in [2.05, 4.69) is 5.32 Å². The number of nitrogens with one attached hydrogen (secondary N) is 1. The Hall–Kier alpha value is -2.74. The summed E-state index contributed by atoms with van der Waals surface area (Å²) in [6.45, 7) is 2.54. The Morgan fingerprint density at radius 2 is 1.96 bits per heavy atom. The lowest BCUT2D eigenvalue weighted by atomic mass is 9.95. The van der Waals surface area contributed by atoms with Crippen LogP contribution in [-0.2, 0) is 12.0 Å². The highest BCUT2D eigenvalue weighted by Crippen LogP contribution is 2.24. The first-order chi connectivity index (χ1) is 11.7. The average Bonchev–Trinajstić information content (AvgIpc) is 2.97. The number of carboxylic acid groups (broad SMARTS) is 1. The van der Waals surface area contributed by atoms with Crippen molar-refractivity contribution in [1.82, 2.24) is 5.32 Å². The van der Waals surface area contributed by atoms with Crippen molar-refractivity contribution < 1.29 is 33.0 Å². The van der Waals surface area contributed by atoms with Crippen molar-refractivity contribution >= 4 is 11.9 Å². The van der Waals surface area contributed by atoms with Gasteiger partial charge in [0.15, 0.2) is 5.76 Å². The van der Waals surface area contributed by atoms with Crippen LogP contribution in [0.2, 0.25) is 0 Å². The van der Waals surface area contributed by atoms with Crippen molar-refractivity contribution in [2.24, 2.45) is 0 Å². The van der Waals surface area contributed by atoms with Gasteiger partial charge in [0.05, 0.1) is 6.54 Å². The number of carbonyl (C=O) groups excluding carboxylic acids is 1. The lowest BCUT2D eigenvalue weighted by molar-refractivity contribution is 0.0487. The summed E-state index contributed by atoms with van der Waals surface area (Å²) >= 11 is 0. The van der Waals surface area contributed by atoms with Gasteiger partial charge in [-0.15, -0.1) is 0 Å². The standard InChI is InChI=1S/C17H17F2NO5/c1-3-13-10(16(22)23)7-14(25-13)15(21)20-8-17(2,24)11-5-4-9(18)6-12(11)19/h4-7,24H,3,8H2,1-2H3,(H,20,21)(H,22,23). The van der Waals surface area contributed by atoms with E-state index < -0.39 is 29.1 Å². The summed E-state index contributed by atoms with van der Waals surface area (Å²) in [5.74, 6) is -3.80. The molecule has 1 unspecified atom stereocenters. The predicted molar refractivity (Wildman–Crippen MR) is 83.3 cm³/mol. The van der Waals surface area contributed by atoms with Crippen LogP contribution >= 0.6 is 0 Å². The van der Waals surface area contributed by atoms with E-state index in [1.807, 2.05) is 0 Å². The van der Waals surface area contributed by atoms with E-state index in [-0.39, 0.29) is 35.6 Å². The first-order valence-electron chi connectivity index (χ1n) is 7.47. The Balaban J connectivity index is 2.14. The van der Waals surface area contributed by atoms with Gasteiger partial charge >= 0.3 is 5.97 Å². The quantitative estimate of drug-likeness (QED) is 0.741. The van der Waals surface area contributed by atoms with Crippen molar-refractivity contribution in [2.45, 2.75) is 25.9 Å². The minimum absolute atomic E-state index is 0.121. The molecule has 0 aliphatic heterocycles. The number of hydrogen-bond acceptors (Lipinski definition) is 4. The summed E-state index contributed by atoms with van der Waals surface area (Å²) in [5.41, 5.74) is -2.11. The van der Waals surface area contributed by atoms with Gasteiger partial charge in [0.25, 0.3) is 5.91 Å². The Kier molecular flexibility index (Phi) is 5.22. The third-order valence-electron chi connectivity index (χ3n) is 3.69. The van der Waals surface area contributed by atoms with E-state index in [0.717, 1.165) is 18.2 Å². The lowest BCUT2D eigenvalue weighted by Gasteiger charge is -2.24. The van der Waals surface area contributed by atoms with E-state index >= 15 is 0 Å². The average molecular weight is 353 g/mol. The first kappa shape index (κ1) is 18.6. The molecule has 1 atom stereocenters. The fourth-order valence-corrected chi connectivity index (χ4v) is 2.35. The van der Waals surface area contributed by atoms with E-state index in [1.165, 1.54) is 6.92 Å². The molecule has 2 aromatic rings. The van der Waals surface area contributed by atoms with Gasteiger partial charge in [-0.1, -0.05) is 13.0 Å². The van der Waals surface area contributed by atoms with Crippen LogP contribution in [-0.4, -0.2) is 28.6 Å². The summed E-state index contributed by atoms with van der Waals surface area (Å²) in [7, 11) is 0. The van der Waals surface area contributed by atoms with Gasteiger partial charge < -0.3 is 19.9 Å². The Morgan fingerprint density at radius 3 is 2.48 bits per heavy atom. The van der Waals surface area contributed by atoms with Gasteiger partial charge in [-0.3, -0.25) is 4.79 Å². The maximum absolute atomic E-state index is 13.8. The number of furan rings is 1. The minimum atomic E-state index is -1.80. The van der Waals surface area contributed by atoms with E-state index in [1.54, 1.807) is 6.92 Å². The zero-order valence-corrected chi connectivity index (χ0v) is 13.6. The molecule has 0 saturated heterocycles. The highest BCUT2D eigenvalue weighted by Gasteiger charge is 2.28. The number of carboxylic acids is 1. The molecule has 3 N–H and O–H groups in total. The summed E-state index contributed by atoms with van der Waals surface area (Å²) in [5, 5.41) is 21.7. The molecule has 8 heteroatoms. The smallest absolute Gasteiger partial charge is 0.339 e. The van der Waals surface area contributed by atoms with Crippen molar-refractivity contribution in [3.05, 3.63) is 58.5 Å². The van der Waals surface area contributed by atoms with Gasteiger partial charge in [-0.2, -0.15) is 0 Å². The van der Waals surface area contributed by atoms with Gasteiger partial charge in [0.1, 0.15) is 28.6 Å². The molecule has 0 aliphatic rings. The van der Waals surface area contributed by atoms with Crippen LogP contribution in [0, 0.1) is 11.6 Å². The molecule has 0 spiro atoms. The lowest BCUT2D eigenvalue weighted by Crippen LogP contribution is -2.39. The molecule has 134 valence electrons. The molecule has 1 heterocycles. The van der Waals surface area contributed by atoms with E-state index in [0.29, 0.717) is 6.07 Å². The second kappa shape index (κ2) is 7.02.